The Bertz CT molecular complexity index is 420. The minimum atomic E-state index is -0.441. The van der Waals surface area contributed by atoms with E-state index >= 15 is 0 Å². The average Bonchev–Trinajstić information content (AvgIpc) is 2.46. The van der Waals surface area contributed by atoms with Crippen LogP contribution in [0.4, 0.5) is 0 Å². The van der Waals surface area contributed by atoms with Gasteiger partial charge in [0, 0.05) is 13.5 Å². The molecule has 126 valence electrons. The lowest BCUT2D eigenvalue weighted by atomic mass is 9.72. The Morgan fingerprint density at radius 1 is 1.23 bits per heavy atom. The van der Waals surface area contributed by atoms with Crippen LogP contribution in [0, 0.1) is 11.3 Å². The number of carbonyl (C=O) groups is 2. The standard InChI is InChI=1S/C17H30N2O3/c1-6-14(16(21)22-7-2)18-19(5)15(20)12-13-8-10-17(3,4)11-9-13/h13H,6-12H2,1-5H3/b18-14+. The van der Waals surface area contributed by atoms with Crippen LogP contribution in [0.15, 0.2) is 5.10 Å². The van der Waals surface area contributed by atoms with Gasteiger partial charge < -0.3 is 4.74 Å². The summed E-state index contributed by atoms with van der Waals surface area (Å²) in [6, 6.07) is 0. The van der Waals surface area contributed by atoms with E-state index in [1.807, 2.05) is 6.92 Å². The molecular formula is C17H30N2O3. The van der Waals surface area contributed by atoms with Crippen molar-refractivity contribution in [3.05, 3.63) is 0 Å². The van der Waals surface area contributed by atoms with Crippen LogP contribution in [0.2, 0.25) is 0 Å². The maximum Gasteiger partial charge on any atom is 0.354 e. The van der Waals surface area contributed by atoms with E-state index in [0.29, 0.717) is 36.5 Å². The van der Waals surface area contributed by atoms with Crippen molar-refractivity contribution in [1.29, 1.82) is 0 Å². The van der Waals surface area contributed by atoms with Gasteiger partial charge in [0.05, 0.1) is 6.61 Å². The topological polar surface area (TPSA) is 59.0 Å². The number of hydrazone groups is 1. The summed E-state index contributed by atoms with van der Waals surface area (Å²) >= 11 is 0. The molecule has 5 heteroatoms. The molecule has 22 heavy (non-hydrogen) atoms. The van der Waals surface area contributed by atoms with Crippen LogP contribution in [-0.4, -0.2) is 36.3 Å². The molecule has 1 aliphatic carbocycles. The second kappa shape index (κ2) is 8.30. The molecule has 1 saturated carbocycles. The molecule has 0 saturated heterocycles. The Morgan fingerprint density at radius 2 is 1.82 bits per heavy atom. The third kappa shape index (κ3) is 5.78. The van der Waals surface area contributed by atoms with E-state index in [1.54, 1.807) is 14.0 Å². The molecule has 1 fully saturated rings. The second-order valence-corrected chi connectivity index (χ2v) is 6.85. The van der Waals surface area contributed by atoms with Crippen LogP contribution < -0.4 is 0 Å². The molecule has 1 amide bonds. The van der Waals surface area contributed by atoms with Crippen LogP contribution in [0.1, 0.15) is 66.2 Å². The number of ether oxygens (including phenoxy) is 1. The van der Waals surface area contributed by atoms with Gasteiger partial charge in [-0.2, -0.15) is 5.10 Å². The quantitative estimate of drug-likeness (QED) is 0.429. The van der Waals surface area contributed by atoms with E-state index in [4.69, 9.17) is 4.74 Å². The first kappa shape index (κ1) is 18.7. The highest BCUT2D eigenvalue weighted by molar-refractivity contribution is 6.36. The summed E-state index contributed by atoms with van der Waals surface area (Å²) in [7, 11) is 1.62. The number of hydrogen-bond acceptors (Lipinski definition) is 4. The first-order valence-electron chi connectivity index (χ1n) is 8.30. The highest BCUT2D eigenvalue weighted by Crippen LogP contribution is 2.39. The summed E-state index contributed by atoms with van der Waals surface area (Å²) in [5.41, 5.74) is 0.700. The van der Waals surface area contributed by atoms with Gasteiger partial charge in [0.2, 0.25) is 5.91 Å². The van der Waals surface area contributed by atoms with Crippen molar-refractivity contribution in [3.63, 3.8) is 0 Å². The van der Waals surface area contributed by atoms with Crippen molar-refractivity contribution in [2.24, 2.45) is 16.4 Å². The van der Waals surface area contributed by atoms with E-state index in [2.05, 4.69) is 18.9 Å². The number of carbonyl (C=O) groups excluding carboxylic acids is 2. The Labute approximate surface area is 134 Å². The summed E-state index contributed by atoms with van der Waals surface area (Å²) < 4.78 is 4.94. The molecule has 0 atom stereocenters. The zero-order chi connectivity index (χ0) is 16.8. The molecule has 0 bridgehead atoms. The van der Waals surface area contributed by atoms with Gasteiger partial charge in [-0.1, -0.05) is 20.8 Å². The fraction of sp³-hybridized carbons (Fsp3) is 0.824. The minimum Gasteiger partial charge on any atom is -0.461 e. The molecule has 0 aliphatic heterocycles. The molecule has 0 N–H and O–H groups in total. The lowest BCUT2D eigenvalue weighted by Gasteiger charge is -2.34. The molecular weight excluding hydrogens is 280 g/mol. The molecule has 0 unspecified atom stereocenters. The van der Waals surface area contributed by atoms with E-state index in [0.717, 1.165) is 12.8 Å². The fourth-order valence-corrected chi connectivity index (χ4v) is 2.75. The molecule has 0 heterocycles. The lowest BCUT2D eigenvalue weighted by Crippen LogP contribution is -2.30. The van der Waals surface area contributed by atoms with Crippen LogP contribution in [0.25, 0.3) is 0 Å². The molecule has 1 rings (SSSR count). The maximum absolute atomic E-state index is 12.3. The molecule has 1 aliphatic rings. The summed E-state index contributed by atoms with van der Waals surface area (Å²) in [6.45, 7) is 8.47. The van der Waals surface area contributed by atoms with Gasteiger partial charge in [-0.25, -0.2) is 9.80 Å². The number of amides is 1. The van der Waals surface area contributed by atoms with Gasteiger partial charge in [0.1, 0.15) is 5.71 Å². The summed E-state index contributed by atoms with van der Waals surface area (Å²) in [4.78, 5) is 24.0. The van der Waals surface area contributed by atoms with E-state index in [-0.39, 0.29) is 5.91 Å². The average molecular weight is 310 g/mol. The predicted octanol–water partition coefficient (Wildman–Crippen LogP) is 3.38. The van der Waals surface area contributed by atoms with Gasteiger partial charge in [-0.15, -0.1) is 0 Å². The third-order valence-corrected chi connectivity index (χ3v) is 4.40. The predicted molar refractivity (Wildman–Crippen MR) is 87.5 cm³/mol. The highest BCUT2D eigenvalue weighted by Gasteiger charge is 2.28. The molecule has 5 nitrogen and oxygen atoms in total. The molecule has 0 radical (unpaired) electrons. The van der Waals surface area contributed by atoms with E-state index in [9.17, 15) is 9.59 Å². The normalized spacial score (nSPS) is 18.9. The van der Waals surface area contributed by atoms with Crippen molar-refractivity contribution >= 4 is 17.6 Å². The van der Waals surface area contributed by atoms with Gasteiger partial charge >= 0.3 is 5.97 Å². The summed E-state index contributed by atoms with van der Waals surface area (Å²) in [5, 5.41) is 5.43. The number of esters is 1. The summed E-state index contributed by atoms with van der Waals surface area (Å²) in [6.07, 6.45) is 5.48. The SMILES string of the molecule is CCOC(=O)/C(CC)=N/N(C)C(=O)CC1CCC(C)(C)CC1. The third-order valence-electron chi connectivity index (χ3n) is 4.40. The second-order valence-electron chi connectivity index (χ2n) is 6.85. The Hall–Kier alpha value is -1.39. The van der Waals surface area contributed by atoms with Crippen molar-refractivity contribution < 1.29 is 14.3 Å². The van der Waals surface area contributed by atoms with Gasteiger partial charge in [0.25, 0.3) is 0 Å². The van der Waals surface area contributed by atoms with E-state index < -0.39 is 5.97 Å². The van der Waals surface area contributed by atoms with Crippen molar-refractivity contribution in [1.82, 2.24) is 5.01 Å². The van der Waals surface area contributed by atoms with Gasteiger partial charge in [-0.3, -0.25) is 4.79 Å². The summed E-state index contributed by atoms with van der Waals surface area (Å²) in [5.74, 6) is -0.0325. The van der Waals surface area contributed by atoms with Crippen LogP contribution >= 0.6 is 0 Å². The molecule has 0 aromatic carbocycles. The number of rotatable bonds is 6. The largest absolute Gasteiger partial charge is 0.461 e. The Balaban J connectivity index is 2.55. The molecule has 0 aromatic heterocycles. The fourth-order valence-electron chi connectivity index (χ4n) is 2.75. The first-order valence-corrected chi connectivity index (χ1v) is 8.30. The Kier molecular flexibility index (Phi) is 7.04. The van der Waals surface area contributed by atoms with Crippen LogP contribution in [0.5, 0.6) is 0 Å². The molecule has 0 spiro atoms. The van der Waals surface area contributed by atoms with Crippen LogP contribution in [0.3, 0.4) is 0 Å². The monoisotopic (exact) mass is 310 g/mol. The lowest BCUT2D eigenvalue weighted by molar-refractivity contribution is -0.135. The Morgan fingerprint density at radius 3 is 2.32 bits per heavy atom. The van der Waals surface area contributed by atoms with Crippen molar-refractivity contribution in [2.75, 3.05) is 13.7 Å². The first-order chi connectivity index (χ1) is 10.3. The minimum absolute atomic E-state index is 0.0278. The highest BCUT2D eigenvalue weighted by atomic mass is 16.5. The zero-order valence-electron chi connectivity index (χ0n) is 14.6. The molecule has 0 aromatic rings. The van der Waals surface area contributed by atoms with Crippen molar-refractivity contribution in [3.8, 4) is 0 Å². The van der Waals surface area contributed by atoms with Gasteiger partial charge in [0.15, 0.2) is 0 Å². The number of hydrogen-bond donors (Lipinski definition) is 0. The number of nitrogens with zero attached hydrogens (tertiary/aromatic N) is 2. The maximum atomic E-state index is 12.3. The van der Waals surface area contributed by atoms with Crippen molar-refractivity contribution in [2.45, 2.75) is 66.2 Å². The van der Waals surface area contributed by atoms with Gasteiger partial charge in [-0.05, 0) is 50.4 Å². The van der Waals surface area contributed by atoms with E-state index in [1.165, 1.54) is 17.9 Å². The van der Waals surface area contributed by atoms with Crippen LogP contribution in [-0.2, 0) is 14.3 Å². The smallest absolute Gasteiger partial charge is 0.354 e. The zero-order valence-corrected chi connectivity index (χ0v) is 14.6.